The molecule has 2 rings (SSSR count). The highest BCUT2D eigenvalue weighted by molar-refractivity contribution is 8.01. The van der Waals surface area contributed by atoms with Crippen molar-refractivity contribution in [3.8, 4) is 0 Å². The maximum absolute atomic E-state index is 11.2. The molecule has 0 spiro atoms. The van der Waals surface area contributed by atoms with E-state index in [9.17, 15) is 10.1 Å². The zero-order valence-electron chi connectivity index (χ0n) is 11.1. The lowest BCUT2D eigenvalue weighted by atomic mass is 10.4. The lowest BCUT2D eigenvalue weighted by Crippen LogP contribution is -2.07. The quantitative estimate of drug-likeness (QED) is 0.509. The Kier molecular flexibility index (Phi) is 4.45. The summed E-state index contributed by atoms with van der Waals surface area (Å²) in [6, 6.07) is 0. The molecule has 2 heterocycles. The molecule has 2 aromatic heterocycles. The van der Waals surface area contributed by atoms with Crippen LogP contribution in [0.2, 0.25) is 0 Å². The molecular weight excluding hydrogens is 300 g/mol. The van der Waals surface area contributed by atoms with Crippen molar-refractivity contribution in [2.75, 3.05) is 11.9 Å². The Bertz CT molecular complexity index is 645. The third-order valence-corrected chi connectivity index (χ3v) is 4.10. The highest BCUT2D eigenvalue weighted by Gasteiger charge is 2.24. The fourth-order valence-electron chi connectivity index (χ4n) is 1.46. The molecule has 0 aliphatic rings. The molecule has 20 heavy (non-hydrogen) atoms. The van der Waals surface area contributed by atoms with Crippen LogP contribution >= 0.6 is 23.1 Å². The predicted octanol–water partition coefficient (Wildman–Crippen LogP) is 2.44. The summed E-state index contributed by atoms with van der Waals surface area (Å²) in [5.41, 5.74) is 0.231. The fourth-order valence-corrected chi connectivity index (χ4v) is 3.34. The van der Waals surface area contributed by atoms with Gasteiger partial charge in [0, 0.05) is 6.54 Å². The summed E-state index contributed by atoms with van der Waals surface area (Å²) in [7, 11) is 0. The molecule has 0 radical (unpaired) electrons. The van der Waals surface area contributed by atoms with E-state index in [0.29, 0.717) is 22.5 Å². The van der Waals surface area contributed by atoms with Gasteiger partial charge in [0.15, 0.2) is 9.37 Å². The maximum Gasteiger partial charge on any atom is 0.322 e. The number of aromatic nitrogens is 4. The van der Waals surface area contributed by atoms with E-state index in [1.54, 1.807) is 6.92 Å². The molecule has 0 bridgehead atoms. The highest BCUT2D eigenvalue weighted by Crippen LogP contribution is 2.36. The SMILES string of the molecule is CCNc1nc(C)c([N+](=O)[O-])c(Sc2nnc(C)s2)n1. The van der Waals surface area contributed by atoms with Gasteiger partial charge in [0.25, 0.3) is 0 Å². The molecular formula is C10H12N6O2S2. The lowest BCUT2D eigenvalue weighted by molar-refractivity contribution is -0.389. The van der Waals surface area contributed by atoms with Crippen molar-refractivity contribution < 1.29 is 4.92 Å². The lowest BCUT2D eigenvalue weighted by Gasteiger charge is -2.06. The van der Waals surface area contributed by atoms with Gasteiger partial charge in [-0.2, -0.15) is 4.98 Å². The minimum Gasteiger partial charge on any atom is -0.354 e. The van der Waals surface area contributed by atoms with E-state index in [2.05, 4.69) is 25.5 Å². The van der Waals surface area contributed by atoms with Crippen LogP contribution in [0.4, 0.5) is 11.6 Å². The van der Waals surface area contributed by atoms with Gasteiger partial charge in [0.1, 0.15) is 10.7 Å². The monoisotopic (exact) mass is 312 g/mol. The molecule has 1 N–H and O–H groups in total. The van der Waals surface area contributed by atoms with Crippen molar-refractivity contribution in [2.45, 2.75) is 30.1 Å². The third-order valence-electron chi connectivity index (χ3n) is 2.24. The number of aryl methyl sites for hydroxylation is 2. The van der Waals surface area contributed by atoms with E-state index in [0.717, 1.165) is 16.8 Å². The number of anilines is 1. The summed E-state index contributed by atoms with van der Waals surface area (Å²) in [4.78, 5) is 19.0. The Morgan fingerprint density at radius 2 is 2.10 bits per heavy atom. The van der Waals surface area contributed by atoms with Gasteiger partial charge < -0.3 is 5.32 Å². The maximum atomic E-state index is 11.2. The average molecular weight is 312 g/mol. The summed E-state index contributed by atoms with van der Waals surface area (Å²) >= 11 is 2.50. The van der Waals surface area contributed by atoms with Crippen molar-refractivity contribution in [3.63, 3.8) is 0 Å². The first kappa shape index (κ1) is 14.6. The topological polar surface area (TPSA) is 107 Å². The molecule has 0 atom stereocenters. The molecule has 0 saturated carbocycles. The van der Waals surface area contributed by atoms with Gasteiger partial charge in [-0.25, -0.2) is 4.98 Å². The molecule has 0 fully saturated rings. The van der Waals surface area contributed by atoms with Crippen LogP contribution in [0, 0.1) is 24.0 Å². The predicted molar refractivity (Wildman–Crippen MR) is 76.4 cm³/mol. The second kappa shape index (κ2) is 6.09. The minimum absolute atomic E-state index is 0.0930. The van der Waals surface area contributed by atoms with Gasteiger partial charge in [0.05, 0.1) is 4.92 Å². The van der Waals surface area contributed by atoms with Crippen molar-refractivity contribution in [1.82, 2.24) is 20.2 Å². The second-order valence-electron chi connectivity index (χ2n) is 3.76. The molecule has 2 aromatic rings. The van der Waals surface area contributed by atoms with Gasteiger partial charge in [-0.05, 0) is 32.5 Å². The summed E-state index contributed by atoms with van der Waals surface area (Å²) < 4.78 is 0.617. The van der Waals surface area contributed by atoms with Crippen LogP contribution in [0.5, 0.6) is 0 Å². The van der Waals surface area contributed by atoms with Crippen molar-refractivity contribution in [3.05, 3.63) is 20.8 Å². The Balaban J connectivity index is 2.44. The van der Waals surface area contributed by atoms with Crippen molar-refractivity contribution in [2.24, 2.45) is 0 Å². The standard InChI is InChI=1S/C10H12N6O2S2/c1-4-11-9-12-5(2)7(16(17)18)8(13-9)20-10-15-14-6(3)19-10/h4H2,1-3H3,(H,11,12,13). The third kappa shape index (κ3) is 3.20. The number of hydrogen-bond donors (Lipinski definition) is 1. The number of hydrogen-bond acceptors (Lipinski definition) is 9. The van der Waals surface area contributed by atoms with E-state index in [-0.39, 0.29) is 10.7 Å². The van der Waals surface area contributed by atoms with Crippen LogP contribution in [-0.2, 0) is 0 Å². The second-order valence-corrected chi connectivity index (χ2v) is 6.18. The van der Waals surface area contributed by atoms with Crippen LogP contribution in [0.15, 0.2) is 9.37 Å². The van der Waals surface area contributed by atoms with E-state index in [1.807, 2.05) is 13.8 Å². The van der Waals surface area contributed by atoms with Crippen LogP contribution in [0.25, 0.3) is 0 Å². The normalized spacial score (nSPS) is 10.6. The first-order chi connectivity index (χ1) is 9.51. The van der Waals surface area contributed by atoms with Gasteiger partial charge >= 0.3 is 5.69 Å². The highest BCUT2D eigenvalue weighted by atomic mass is 32.2. The Labute approximate surface area is 123 Å². The van der Waals surface area contributed by atoms with Gasteiger partial charge in [0.2, 0.25) is 5.95 Å². The molecule has 106 valence electrons. The molecule has 0 unspecified atom stereocenters. The Morgan fingerprint density at radius 3 is 2.65 bits per heavy atom. The zero-order valence-corrected chi connectivity index (χ0v) is 12.7. The van der Waals surface area contributed by atoms with Crippen LogP contribution in [0.1, 0.15) is 17.6 Å². The average Bonchev–Trinajstić information content (AvgIpc) is 2.74. The van der Waals surface area contributed by atoms with Crippen molar-refractivity contribution in [1.29, 1.82) is 0 Å². The first-order valence-corrected chi connectivity index (χ1v) is 7.39. The van der Waals surface area contributed by atoms with E-state index in [1.165, 1.54) is 11.3 Å². The summed E-state index contributed by atoms with van der Waals surface area (Å²) in [6.45, 7) is 5.96. The van der Waals surface area contributed by atoms with Crippen LogP contribution in [0.3, 0.4) is 0 Å². The molecule has 0 amide bonds. The van der Waals surface area contributed by atoms with Gasteiger partial charge in [-0.1, -0.05) is 11.3 Å². The minimum atomic E-state index is -0.471. The molecule has 10 heteroatoms. The smallest absolute Gasteiger partial charge is 0.322 e. The first-order valence-electron chi connectivity index (χ1n) is 5.76. The molecule has 0 aliphatic heterocycles. The van der Waals surface area contributed by atoms with E-state index < -0.39 is 4.92 Å². The van der Waals surface area contributed by atoms with E-state index >= 15 is 0 Å². The van der Waals surface area contributed by atoms with Crippen LogP contribution in [-0.4, -0.2) is 31.6 Å². The van der Waals surface area contributed by atoms with Gasteiger partial charge in [-0.15, -0.1) is 10.2 Å². The molecule has 0 saturated heterocycles. The number of rotatable bonds is 5. The molecule has 0 aliphatic carbocycles. The number of nitrogens with one attached hydrogen (secondary N) is 1. The summed E-state index contributed by atoms with van der Waals surface area (Å²) in [5.74, 6) is 0.374. The zero-order chi connectivity index (χ0) is 14.7. The van der Waals surface area contributed by atoms with Crippen molar-refractivity contribution >= 4 is 34.7 Å². The Hall–Kier alpha value is -1.81. The summed E-state index contributed by atoms with van der Waals surface area (Å²) in [5, 5.41) is 23.0. The van der Waals surface area contributed by atoms with Crippen LogP contribution < -0.4 is 5.32 Å². The largest absolute Gasteiger partial charge is 0.354 e. The number of nitrogens with zero attached hydrogens (tertiary/aromatic N) is 5. The molecule has 0 aromatic carbocycles. The molecule has 8 nitrogen and oxygen atoms in total. The number of nitro groups is 1. The van der Waals surface area contributed by atoms with E-state index in [4.69, 9.17) is 0 Å². The van der Waals surface area contributed by atoms with Gasteiger partial charge in [-0.3, -0.25) is 10.1 Å². The summed E-state index contributed by atoms with van der Waals surface area (Å²) in [6.07, 6.45) is 0. The Morgan fingerprint density at radius 1 is 1.35 bits per heavy atom. The fraction of sp³-hybridized carbons (Fsp3) is 0.400.